The van der Waals surface area contributed by atoms with Crippen molar-refractivity contribution < 1.29 is 4.79 Å². The van der Waals surface area contributed by atoms with Crippen molar-refractivity contribution in [3.8, 4) is 0 Å². The molecule has 0 aliphatic heterocycles. The number of carbonyl (C=O) groups excluding carboxylic acids is 1. The summed E-state index contributed by atoms with van der Waals surface area (Å²) >= 11 is 0. The number of hydrogen-bond acceptors (Lipinski definition) is 4. The van der Waals surface area contributed by atoms with Gasteiger partial charge in [0, 0.05) is 38.2 Å². The molecule has 0 atom stereocenters. The smallest absolute Gasteiger partial charge is 0.332 e. The lowest BCUT2D eigenvalue weighted by molar-refractivity contribution is -0.125. The predicted molar refractivity (Wildman–Crippen MR) is 112 cm³/mol. The van der Waals surface area contributed by atoms with Crippen molar-refractivity contribution >= 4 is 16.9 Å². The van der Waals surface area contributed by atoms with Crippen LogP contribution in [0.4, 0.5) is 0 Å². The number of fused-ring (bicyclic) bond motifs is 1. The number of rotatable bonds is 4. The van der Waals surface area contributed by atoms with Crippen LogP contribution < -0.4 is 16.6 Å². The summed E-state index contributed by atoms with van der Waals surface area (Å²) in [4.78, 5) is 41.5. The van der Waals surface area contributed by atoms with Gasteiger partial charge in [0.15, 0.2) is 0 Å². The van der Waals surface area contributed by atoms with Crippen LogP contribution in [0, 0.1) is 11.8 Å². The van der Waals surface area contributed by atoms with E-state index in [-0.39, 0.29) is 23.1 Å². The van der Waals surface area contributed by atoms with Crippen molar-refractivity contribution in [2.75, 3.05) is 6.54 Å². The Bertz CT molecular complexity index is 1020. The number of aryl methyl sites for hydroxylation is 1. The quantitative estimate of drug-likeness (QED) is 0.856. The zero-order chi connectivity index (χ0) is 20.5. The molecule has 156 valence electrons. The summed E-state index contributed by atoms with van der Waals surface area (Å²) in [6, 6.07) is 3.73. The molecule has 29 heavy (non-hydrogen) atoms. The SMILES string of the molecule is Cn1c(=O)c2ccc(C3CCC(CNC(=O)C4CCCC4)CC3)nc2n(C)c1=O. The van der Waals surface area contributed by atoms with Gasteiger partial charge in [-0.25, -0.2) is 9.78 Å². The second kappa shape index (κ2) is 8.13. The van der Waals surface area contributed by atoms with E-state index in [0.717, 1.165) is 55.3 Å². The number of nitrogens with zero attached hydrogens (tertiary/aromatic N) is 3. The molecule has 0 radical (unpaired) electrons. The standard InChI is InChI=1S/C22H30N4O3/c1-25-19-17(21(28)26(2)22(25)29)11-12-18(24-19)15-9-7-14(8-10-15)13-23-20(27)16-5-3-4-6-16/h11-12,14-16H,3-10,13H2,1-2H3,(H,23,27). The van der Waals surface area contributed by atoms with E-state index >= 15 is 0 Å². The molecular weight excluding hydrogens is 368 g/mol. The van der Waals surface area contributed by atoms with Crippen LogP contribution in [0.15, 0.2) is 21.7 Å². The fourth-order valence-corrected chi connectivity index (χ4v) is 4.94. The van der Waals surface area contributed by atoms with E-state index in [4.69, 9.17) is 4.98 Å². The van der Waals surface area contributed by atoms with Gasteiger partial charge in [0.05, 0.1) is 5.39 Å². The first-order valence-corrected chi connectivity index (χ1v) is 10.8. The van der Waals surface area contributed by atoms with Crippen LogP contribution in [0.3, 0.4) is 0 Å². The molecule has 7 heteroatoms. The molecule has 2 fully saturated rings. The van der Waals surface area contributed by atoms with Gasteiger partial charge < -0.3 is 5.32 Å². The molecule has 2 aliphatic carbocycles. The maximum atomic E-state index is 12.3. The number of aromatic nitrogens is 3. The molecule has 0 unspecified atom stereocenters. The lowest BCUT2D eigenvalue weighted by atomic mass is 9.80. The van der Waals surface area contributed by atoms with E-state index in [0.29, 0.717) is 22.9 Å². The Morgan fingerprint density at radius 3 is 2.41 bits per heavy atom. The molecular formula is C22H30N4O3. The van der Waals surface area contributed by atoms with E-state index in [1.54, 1.807) is 13.1 Å². The monoisotopic (exact) mass is 398 g/mol. The molecule has 2 aliphatic rings. The highest BCUT2D eigenvalue weighted by Gasteiger charge is 2.26. The Kier molecular flexibility index (Phi) is 5.56. The van der Waals surface area contributed by atoms with Crippen molar-refractivity contribution in [2.45, 2.75) is 57.3 Å². The zero-order valence-electron chi connectivity index (χ0n) is 17.3. The van der Waals surface area contributed by atoms with Crippen LogP contribution >= 0.6 is 0 Å². The third-order valence-electron chi connectivity index (χ3n) is 6.88. The average molecular weight is 399 g/mol. The van der Waals surface area contributed by atoms with E-state index in [1.165, 1.54) is 24.5 Å². The minimum atomic E-state index is -0.353. The van der Waals surface area contributed by atoms with Crippen molar-refractivity contribution in [3.05, 3.63) is 38.7 Å². The highest BCUT2D eigenvalue weighted by atomic mass is 16.2. The minimum Gasteiger partial charge on any atom is -0.356 e. The second-order valence-corrected chi connectivity index (χ2v) is 8.76. The summed E-state index contributed by atoms with van der Waals surface area (Å²) < 4.78 is 2.57. The van der Waals surface area contributed by atoms with Gasteiger partial charge in [0.1, 0.15) is 5.65 Å². The lowest BCUT2D eigenvalue weighted by Crippen LogP contribution is -2.37. The molecule has 2 heterocycles. The molecule has 2 aromatic heterocycles. The third-order valence-corrected chi connectivity index (χ3v) is 6.88. The molecule has 0 bridgehead atoms. The molecule has 0 saturated heterocycles. The van der Waals surface area contributed by atoms with Gasteiger partial charge in [0.2, 0.25) is 5.91 Å². The number of carbonyl (C=O) groups is 1. The Morgan fingerprint density at radius 2 is 1.72 bits per heavy atom. The first kappa shape index (κ1) is 19.9. The third kappa shape index (κ3) is 3.87. The summed E-state index contributed by atoms with van der Waals surface area (Å²) in [7, 11) is 3.15. The van der Waals surface area contributed by atoms with Gasteiger partial charge in [-0.1, -0.05) is 12.8 Å². The zero-order valence-corrected chi connectivity index (χ0v) is 17.3. The molecule has 2 aromatic rings. The number of nitrogens with one attached hydrogen (secondary N) is 1. The van der Waals surface area contributed by atoms with Crippen LogP contribution in [-0.4, -0.2) is 26.6 Å². The van der Waals surface area contributed by atoms with E-state index in [2.05, 4.69) is 5.32 Å². The van der Waals surface area contributed by atoms with E-state index < -0.39 is 0 Å². The largest absolute Gasteiger partial charge is 0.356 e. The number of hydrogen-bond donors (Lipinski definition) is 1. The highest BCUT2D eigenvalue weighted by molar-refractivity contribution is 5.78. The molecule has 4 rings (SSSR count). The van der Waals surface area contributed by atoms with Gasteiger partial charge in [-0.2, -0.15) is 0 Å². The maximum Gasteiger partial charge on any atom is 0.332 e. The van der Waals surface area contributed by atoms with Crippen molar-refractivity contribution in [1.29, 1.82) is 0 Å². The maximum absolute atomic E-state index is 12.3. The fraction of sp³-hybridized carbons (Fsp3) is 0.636. The summed E-state index contributed by atoms with van der Waals surface area (Å²) in [6.07, 6.45) is 8.59. The molecule has 7 nitrogen and oxygen atoms in total. The summed E-state index contributed by atoms with van der Waals surface area (Å²) in [6.45, 7) is 0.776. The van der Waals surface area contributed by atoms with Crippen LogP contribution in [0.25, 0.3) is 11.0 Å². The topological polar surface area (TPSA) is 86.0 Å². The van der Waals surface area contributed by atoms with Crippen LogP contribution in [-0.2, 0) is 18.9 Å². The van der Waals surface area contributed by atoms with Crippen LogP contribution in [0.5, 0.6) is 0 Å². The predicted octanol–water partition coefficient (Wildman–Crippen LogP) is 2.21. The van der Waals surface area contributed by atoms with Crippen molar-refractivity contribution in [2.24, 2.45) is 25.9 Å². The molecule has 1 amide bonds. The van der Waals surface area contributed by atoms with E-state index in [9.17, 15) is 14.4 Å². The average Bonchev–Trinajstić information content (AvgIpc) is 3.29. The van der Waals surface area contributed by atoms with Gasteiger partial charge >= 0.3 is 5.69 Å². The molecule has 0 aromatic carbocycles. The minimum absolute atomic E-state index is 0.229. The second-order valence-electron chi connectivity index (χ2n) is 8.76. The normalized spacial score (nSPS) is 22.8. The first-order chi connectivity index (χ1) is 14.0. The van der Waals surface area contributed by atoms with Gasteiger partial charge in [-0.3, -0.25) is 18.7 Å². The van der Waals surface area contributed by atoms with Gasteiger partial charge in [-0.05, 0) is 56.6 Å². The Morgan fingerprint density at radius 1 is 1.03 bits per heavy atom. The lowest BCUT2D eigenvalue weighted by Gasteiger charge is -2.28. The molecule has 2 saturated carbocycles. The summed E-state index contributed by atoms with van der Waals surface area (Å²) in [5.74, 6) is 1.32. The summed E-state index contributed by atoms with van der Waals surface area (Å²) in [5.41, 5.74) is 0.758. The first-order valence-electron chi connectivity index (χ1n) is 10.8. The summed E-state index contributed by atoms with van der Waals surface area (Å²) in [5, 5.41) is 3.64. The number of amides is 1. The molecule has 0 spiro atoms. The Balaban J connectivity index is 1.40. The van der Waals surface area contributed by atoms with Gasteiger partial charge in [0.25, 0.3) is 5.56 Å². The fourth-order valence-electron chi connectivity index (χ4n) is 4.94. The van der Waals surface area contributed by atoms with Crippen LogP contribution in [0.2, 0.25) is 0 Å². The van der Waals surface area contributed by atoms with Crippen molar-refractivity contribution in [1.82, 2.24) is 19.4 Å². The van der Waals surface area contributed by atoms with Crippen molar-refractivity contribution in [3.63, 3.8) is 0 Å². The Labute approximate surface area is 170 Å². The van der Waals surface area contributed by atoms with E-state index in [1.807, 2.05) is 6.07 Å². The highest BCUT2D eigenvalue weighted by Crippen LogP contribution is 2.35. The van der Waals surface area contributed by atoms with Crippen LogP contribution in [0.1, 0.15) is 63.0 Å². The molecule has 1 N–H and O–H groups in total. The Hall–Kier alpha value is -2.44. The van der Waals surface area contributed by atoms with Gasteiger partial charge in [-0.15, -0.1) is 0 Å². The number of pyridine rings is 1.